The summed E-state index contributed by atoms with van der Waals surface area (Å²) < 4.78 is 32.1. The molecule has 0 saturated carbocycles. The summed E-state index contributed by atoms with van der Waals surface area (Å²) in [5, 5.41) is 0. The number of benzene rings is 2. The Kier molecular flexibility index (Phi) is 5.60. The normalized spacial score (nSPS) is 12.8. The van der Waals surface area contributed by atoms with Gasteiger partial charge in [0.05, 0.1) is 12.4 Å². The fraction of sp³-hybridized carbons (Fsp3) is 0.167. The highest BCUT2D eigenvalue weighted by atomic mass is 32.2. The van der Waals surface area contributed by atoms with Crippen LogP contribution in [0.1, 0.15) is 17.2 Å². The van der Waals surface area contributed by atoms with E-state index in [-0.39, 0.29) is 6.54 Å². The Hall–Kier alpha value is -2.48. The lowest BCUT2D eigenvalue weighted by Gasteiger charge is -2.20. The molecule has 130 valence electrons. The van der Waals surface area contributed by atoms with Gasteiger partial charge in [-0.2, -0.15) is 17.9 Å². The molecule has 0 fully saturated rings. The number of imidazole rings is 1. The molecule has 0 bridgehead atoms. The minimum atomic E-state index is -3.66. The third-order valence-corrected chi connectivity index (χ3v) is 4.88. The van der Waals surface area contributed by atoms with Gasteiger partial charge in [-0.25, -0.2) is 4.98 Å². The molecule has 1 unspecified atom stereocenters. The van der Waals surface area contributed by atoms with Crippen molar-refractivity contribution >= 4 is 10.2 Å². The van der Waals surface area contributed by atoms with E-state index < -0.39 is 16.3 Å². The smallest absolute Gasteiger partial charge is 0.277 e. The first-order valence-corrected chi connectivity index (χ1v) is 9.42. The van der Waals surface area contributed by atoms with Gasteiger partial charge in [-0.05, 0) is 11.1 Å². The maximum atomic E-state index is 12.5. The Bertz CT molecular complexity index is 866. The molecule has 2 N–H and O–H groups in total. The molecular formula is C18H20N4O2S. The second kappa shape index (κ2) is 8.06. The Morgan fingerprint density at radius 1 is 1.00 bits per heavy atom. The van der Waals surface area contributed by atoms with Gasteiger partial charge in [-0.3, -0.25) is 0 Å². The third kappa shape index (κ3) is 5.25. The molecule has 7 heteroatoms. The highest BCUT2D eigenvalue weighted by Crippen LogP contribution is 2.16. The highest BCUT2D eigenvalue weighted by molar-refractivity contribution is 7.87. The minimum absolute atomic E-state index is 0.239. The van der Waals surface area contributed by atoms with E-state index >= 15 is 0 Å². The summed E-state index contributed by atoms with van der Waals surface area (Å²) >= 11 is 0. The average molecular weight is 356 g/mol. The topological polar surface area (TPSA) is 76.0 Å². The summed E-state index contributed by atoms with van der Waals surface area (Å²) in [6, 6.07) is 18.5. The van der Waals surface area contributed by atoms with Crippen LogP contribution >= 0.6 is 0 Å². The van der Waals surface area contributed by atoms with E-state index in [0.717, 1.165) is 11.1 Å². The molecule has 0 aliphatic rings. The molecule has 0 amide bonds. The molecule has 0 aliphatic carbocycles. The summed E-state index contributed by atoms with van der Waals surface area (Å²) in [7, 11) is -3.66. The lowest BCUT2D eigenvalue weighted by atomic mass is 10.1. The molecule has 1 aromatic heterocycles. The SMILES string of the molecule is O=S(=O)(NCc1ccccc1)NC(Cn1ccnc1)c1ccccc1. The number of rotatable bonds is 8. The van der Waals surface area contributed by atoms with Crippen LogP contribution in [-0.4, -0.2) is 18.0 Å². The summed E-state index contributed by atoms with van der Waals surface area (Å²) in [4.78, 5) is 4.01. The van der Waals surface area contributed by atoms with Crippen molar-refractivity contribution in [2.75, 3.05) is 0 Å². The molecule has 3 rings (SSSR count). The van der Waals surface area contributed by atoms with Gasteiger partial charge < -0.3 is 4.57 Å². The van der Waals surface area contributed by atoms with Crippen molar-refractivity contribution in [2.45, 2.75) is 19.1 Å². The quantitative estimate of drug-likeness (QED) is 0.650. The molecule has 6 nitrogen and oxygen atoms in total. The van der Waals surface area contributed by atoms with Gasteiger partial charge in [0.1, 0.15) is 0 Å². The third-order valence-electron chi connectivity index (χ3n) is 3.76. The summed E-state index contributed by atoms with van der Waals surface area (Å²) in [6.07, 6.45) is 5.15. The van der Waals surface area contributed by atoms with Gasteiger partial charge in [0, 0.05) is 25.5 Å². The Labute approximate surface area is 147 Å². The molecule has 25 heavy (non-hydrogen) atoms. The molecule has 0 saturated heterocycles. The Balaban J connectivity index is 1.72. The van der Waals surface area contributed by atoms with E-state index in [1.807, 2.05) is 71.4 Å². The van der Waals surface area contributed by atoms with E-state index in [2.05, 4.69) is 14.4 Å². The number of hydrogen-bond acceptors (Lipinski definition) is 3. The van der Waals surface area contributed by atoms with Gasteiger partial charge >= 0.3 is 0 Å². The number of nitrogens with one attached hydrogen (secondary N) is 2. The van der Waals surface area contributed by atoms with Crippen molar-refractivity contribution in [3.63, 3.8) is 0 Å². The monoisotopic (exact) mass is 356 g/mol. The highest BCUT2D eigenvalue weighted by Gasteiger charge is 2.19. The van der Waals surface area contributed by atoms with E-state index in [1.54, 1.807) is 12.5 Å². The summed E-state index contributed by atoms with van der Waals surface area (Å²) in [5.74, 6) is 0. The van der Waals surface area contributed by atoms with Gasteiger partial charge in [-0.15, -0.1) is 0 Å². The number of hydrogen-bond donors (Lipinski definition) is 2. The molecule has 1 atom stereocenters. The van der Waals surface area contributed by atoms with E-state index in [4.69, 9.17) is 0 Å². The van der Waals surface area contributed by atoms with Crippen molar-refractivity contribution in [3.8, 4) is 0 Å². The first-order chi connectivity index (χ1) is 12.1. The van der Waals surface area contributed by atoms with E-state index in [9.17, 15) is 8.42 Å². The van der Waals surface area contributed by atoms with Crippen LogP contribution in [0.4, 0.5) is 0 Å². The zero-order valence-corrected chi connectivity index (χ0v) is 14.4. The second-order valence-corrected chi connectivity index (χ2v) is 7.18. The maximum absolute atomic E-state index is 12.5. The van der Waals surface area contributed by atoms with Crippen LogP contribution in [0.3, 0.4) is 0 Å². The molecular weight excluding hydrogens is 336 g/mol. The standard InChI is InChI=1S/C18H20N4O2S/c23-25(24,20-13-16-7-3-1-4-8-16)21-18(14-22-12-11-19-15-22)17-9-5-2-6-10-17/h1-12,15,18,20-21H,13-14H2. The second-order valence-electron chi connectivity index (χ2n) is 5.65. The van der Waals surface area contributed by atoms with Gasteiger partial charge in [0.2, 0.25) is 0 Å². The predicted octanol–water partition coefficient (Wildman–Crippen LogP) is 2.25. The van der Waals surface area contributed by atoms with Crippen LogP contribution in [0.15, 0.2) is 79.4 Å². The molecule has 3 aromatic rings. The van der Waals surface area contributed by atoms with Crippen LogP contribution in [0.25, 0.3) is 0 Å². The number of aromatic nitrogens is 2. The van der Waals surface area contributed by atoms with Crippen molar-refractivity contribution in [1.29, 1.82) is 0 Å². The van der Waals surface area contributed by atoms with Crippen molar-refractivity contribution in [3.05, 3.63) is 90.5 Å². The minimum Gasteiger partial charge on any atom is -0.336 e. The van der Waals surface area contributed by atoms with E-state index in [1.165, 1.54) is 0 Å². The van der Waals surface area contributed by atoms with Crippen LogP contribution in [-0.2, 0) is 23.3 Å². The zero-order chi connectivity index (χ0) is 17.5. The fourth-order valence-electron chi connectivity index (χ4n) is 2.50. The van der Waals surface area contributed by atoms with Crippen molar-refractivity contribution in [1.82, 2.24) is 19.0 Å². The largest absolute Gasteiger partial charge is 0.336 e. The predicted molar refractivity (Wildman–Crippen MR) is 96.7 cm³/mol. The Morgan fingerprint density at radius 2 is 1.68 bits per heavy atom. The lowest BCUT2D eigenvalue weighted by Crippen LogP contribution is -2.39. The summed E-state index contributed by atoms with van der Waals surface area (Å²) in [5.41, 5.74) is 1.79. The number of nitrogens with zero attached hydrogens (tertiary/aromatic N) is 2. The van der Waals surface area contributed by atoms with E-state index in [0.29, 0.717) is 6.54 Å². The molecule has 1 heterocycles. The fourth-order valence-corrected chi connectivity index (χ4v) is 3.53. The maximum Gasteiger partial charge on any atom is 0.277 e. The van der Waals surface area contributed by atoms with Crippen molar-refractivity contribution < 1.29 is 8.42 Å². The summed E-state index contributed by atoms with van der Waals surface area (Å²) in [6.45, 7) is 0.693. The van der Waals surface area contributed by atoms with Crippen LogP contribution in [0, 0.1) is 0 Å². The first-order valence-electron chi connectivity index (χ1n) is 7.94. The molecule has 0 radical (unpaired) electrons. The van der Waals surface area contributed by atoms with Gasteiger partial charge in [-0.1, -0.05) is 60.7 Å². The molecule has 0 aliphatic heterocycles. The molecule has 2 aromatic carbocycles. The van der Waals surface area contributed by atoms with Crippen LogP contribution < -0.4 is 9.44 Å². The Morgan fingerprint density at radius 3 is 2.32 bits per heavy atom. The van der Waals surface area contributed by atoms with Gasteiger partial charge in [0.15, 0.2) is 0 Å². The van der Waals surface area contributed by atoms with Gasteiger partial charge in [0.25, 0.3) is 10.2 Å². The van der Waals surface area contributed by atoms with Crippen molar-refractivity contribution in [2.24, 2.45) is 0 Å². The molecule has 0 spiro atoms. The van der Waals surface area contributed by atoms with Crippen LogP contribution in [0.5, 0.6) is 0 Å². The first kappa shape index (κ1) is 17.3. The van der Waals surface area contributed by atoms with Crippen LogP contribution in [0.2, 0.25) is 0 Å². The zero-order valence-electron chi connectivity index (χ0n) is 13.6. The lowest BCUT2D eigenvalue weighted by molar-refractivity contribution is 0.502. The average Bonchev–Trinajstić information content (AvgIpc) is 3.14.